The van der Waals surface area contributed by atoms with Crippen LogP contribution >= 0.6 is 0 Å². The molecule has 278 valence electrons. The number of aromatic nitrogens is 2. The molecule has 3 heterocycles. The number of nitro groups is 1. The van der Waals surface area contributed by atoms with Crippen LogP contribution in [-0.4, -0.2) is 84.7 Å². The molecule has 1 amide bonds. The van der Waals surface area contributed by atoms with Crippen molar-refractivity contribution in [1.29, 1.82) is 0 Å². The molecule has 0 atom stereocenters. The van der Waals surface area contributed by atoms with Crippen molar-refractivity contribution in [2.75, 3.05) is 44.6 Å². The highest BCUT2D eigenvalue weighted by atomic mass is 32.2. The van der Waals surface area contributed by atoms with E-state index in [0.29, 0.717) is 44.2 Å². The first-order valence-electron chi connectivity index (χ1n) is 16.1. The summed E-state index contributed by atoms with van der Waals surface area (Å²) in [6, 6.07) is 19.8. The molecule has 0 unspecified atom stereocenters. The largest absolute Gasteiger partial charge is 0.497 e. The van der Waals surface area contributed by atoms with Gasteiger partial charge >= 0.3 is 6.18 Å². The van der Waals surface area contributed by atoms with E-state index < -0.39 is 38.3 Å². The Morgan fingerprint density at radius 2 is 1.64 bits per heavy atom. The molecule has 0 aliphatic carbocycles. The quantitative estimate of drug-likeness (QED) is 0.119. The van der Waals surface area contributed by atoms with Crippen molar-refractivity contribution in [2.45, 2.75) is 17.6 Å². The number of nitrogens with zero attached hydrogens (tertiary/aromatic N) is 5. The molecule has 6 rings (SSSR count). The summed E-state index contributed by atoms with van der Waals surface area (Å²) in [4.78, 5) is 31.8. The lowest BCUT2D eigenvalue weighted by atomic mass is 10.2. The standard InChI is InChI=1S/C35H33F3N6O8S/c1-41-29-19-28(52-33-12-6-25(20-39-33)40-53(48,49)32-11-10-27(50-2)18-30(32)44(46)47)9-5-24(29)17-31(41)34(45)43-15-13-42(14-16-43)21-23-3-7-26(8-4-23)51-22-35(36,37)38/h3-12,17-20,40H,13-16,21-22H2,1-2H3. The number of hydrogen-bond acceptors (Lipinski definition) is 10. The third kappa shape index (κ3) is 8.78. The minimum absolute atomic E-state index is 0.0522. The summed E-state index contributed by atoms with van der Waals surface area (Å²) in [7, 11) is -1.25. The minimum Gasteiger partial charge on any atom is -0.497 e. The first-order chi connectivity index (χ1) is 25.2. The lowest BCUT2D eigenvalue weighted by molar-refractivity contribution is -0.387. The number of sulfonamides is 1. The number of amides is 1. The van der Waals surface area contributed by atoms with E-state index in [1.165, 1.54) is 43.6 Å². The second kappa shape index (κ2) is 15.0. The van der Waals surface area contributed by atoms with Gasteiger partial charge < -0.3 is 23.7 Å². The van der Waals surface area contributed by atoms with E-state index in [0.717, 1.165) is 28.6 Å². The van der Waals surface area contributed by atoms with Crippen LogP contribution in [0.15, 0.2) is 90.0 Å². The molecule has 0 radical (unpaired) electrons. The molecule has 3 aromatic carbocycles. The Balaban J connectivity index is 1.05. The topological polar surface area (TPSA) is 158 Å². The van der Waals surface area contributed by atoms with Crippen molar-refractivity contribution < 1.29 is 45.5 Å². The molecule has 1 aliphatic heterocycles. The number of carbonyl (C=O) groups is 1. The number of pyridine rings is 1. The SMILES string of the molecule is COc1ccc(S(=O)(=O)Nc2ccc(Oc3ccc4cc(C(=O)N5CCN(Cc6ccc(OCC(F)(F)F)cc6)CC5)n(C)c4c3)nc2)c([N+](=O)[O-])c1. The lowest BCUT2D eigenvalue weighted by Crippen LogP contribution is -2.48. The van der Waals surface area contributed by atoms with E-state index in [4.69, 9.17) is 14.2 Å². The number of alkyl halides is 3. The van der Waals surface area contributed by atoms with Gasteiger partial charge in [0.1, 0.15) is 22.9 Å². The fourth-order valence-electron chi connectivity index (χ4n) is 5.79. The maximum absolute atomic E-state index is 13.6. The van der Waals surface area contributed by atoms with Crippen LogP contribution in [0.1, 0.15) is 16.1 Å². The monoisotopic (exact) mass is 754 g/mol. The molecule has 1 N–H and O–H groups in total. The molecular weight excluding hydrogens is 721 g/mol. The number of nitrogens with one attached hydrogen (secondary N) is 1. The molecular formula is C35H33F3N6O8S. The van der Waals surface area contributed by atoms with Crippen LogP contribution in [-0.2, 0) is 23.6 Å². The summed E-state index contributed by atoms with van der Waals surface area (Å²) < 4.78 is 82.9. The van der Waals surface area contributed by atoms with Crippen molar-refractivity contribution in [3.63, 3.8) is 0 Å². The van der Waals surface area contributed by atoms with Crippen LogP contribution in [0.2, 0.25) is 0 Å². The number of piperazine rings is 1. The predicted octanol–water partition coefficient (Wildman–Crippen LogP) is 5.98. The maximum Gasteiger partial charge on any atom is 0.422 e. The van der Waals surface area contributed by atoms with Crippen molar-refractivity contribution in [3.05, 3.63) is 106 Å². The fraction of sp³-hybridized carbons (Fsp3) is 0.257. The second-order valence-electron chi connectivity index (χ2n) is 12.1. The van der Waals surface area contributed by atoms with Gasteiger partial charge in [0.25, 0.3) is 21.6 Å². The number of carbonyl (C=O) groups excluding carboxylic acids is 1. The van der Waals surface area contributed by atoms with Gasteiger partial charge in [-0.3, -0.25) is 24.5 Å². The molecule has 18 heteroatoms. The number of aryl methyl sites for hydroxylation is 1. The molecule has 0 bridgehead atoms. The van der Waals surface area contributed by atoms with Gasteiger partial charge in [0.05, 0.1) is 35.5 Å². The number of rotatable bonds is 12. The summed E-state index contributed by atoms with van der Waals surface area (Å²) >= 11 is 0. The van der Waals surface area contributed by atoms with Crippen LogP contribution in [0.5, 0.6) is 23.1 Å². The zero-order valence-corrected chi connectivity index (χ0v) is 29.2. The van der Waals surface area contributed by atoms with Crippen LogP contribution < -0.4 is 18.9 Å². The maximum atomic E-state index is 13.6. The predicted molar refractivity (Wildman–Crippen MR) is 187 cm³/mol. The highest BCUT2D eigenvalue weighted by Gasteiger charge is 2.29. The number of hydrogen-bond donors (Lipinski definition) is 1. The Morgan fingerprint density at radius 1 is 0.943 bits per heavy atom. The average molecular weight is 755 g/mol. The lowest BCUT2D eigenvalue weighted by Gasteiger charge is -2.34. The molecule has 5 aromatic rings. The van der Waals surface area contributed by atoms with Gasteiger partial charge in [0, 0.05) is 57.3 Å². The number of methoxy groups -OCH3 is 1. The van der Waals surface area contributed by atoms with Crippen LogP contribution in [0.25, 0.3) is 10.9 Å². The number of fused-ring (bicyclic) bond motifs is 1. The Hall–Kier alpha value is -5.88. The Bertz CT molecular complexity index is 2240. The van der Waals surface area contributed by atoms with Gasteiger partial charge in [-0.1, -0.05) is 12.1 Å². The third-order valence-corrected chi connectivity index (χ3v) is 9.92. The Morgan fingerprint density at radius 3 is 2.28 bits per heavy atom. The fourth-order valence-corrected chi connectivity index (χ4v) is 6.99. The molecule has 1 aliphatic rings. The first kappa shape index (κ1) is 36.9. The van der Waals surface area contributed by atoms with Gasteiger partial charge in [-0.2, -0.15) is 13.2 Å². The number of halogens is 3. The number of benzene rings is 3. The third-order valence-electron chi connectivity index (χ3n) is 8.49. The van der Waals surface area contributed by atoms with Gasteiger partial charge in [-0.05, 0) is 54.1 Å². The molecule has 0 saturated carbocycles. The summed E-state index contributed by atoms with van der Waals surface area (Å²) in [5.41, 5.74) is 1.56. The van der Waals surface area contributed by atoms with Gasteiger partial charge in [-0.25, -0.2) is 13.4 Å². The van der Waals surface area contributed by atoms with E-state index in [1.54, 1.807) is 40.8 Å². The van der Waals surface area contributed by atoms with Crippen molar-refractivity contribution in [1.82, 2.24) is 19.4 Å². The van der Waals surface area contributed by atoms with E-state index in [-0.39, 0.29) is 29.0 Å². The molecule has 2 aromatic heterocycles. The Labute approximate surface area is 301 Å². The van der Waals surface area contributed by atoms with Gasteiger partial charge in [0.2, 0.25) is 5.88 Å². The van der Waals surface area contributed by atoms with Gasteiger partial charge in [-0.15, -0.1) is 0 Å². The highest BCUT2D eigenvalue weighted by Crippen LogP contribution is 2.31. The van der Waals surface area contributed by atoms with Crippen LogP contribution in [0, 0.1) is 10.1 Å². The normalized spacial score (nSPS) is 13.9. The highest BCUT2D eigenvalue weighted by molar-refractivity contribution is 7.92. The number of anilines is 1. The van der Waals surface area contributed by atoms with Crippen LogP contribution in [0.3, 0.4) is 0 Å². The molecule has 0 spiro atoms. The summed E-state index contributed by atoms with van der Waals surface area (Å²) in [5.74, 6) is 0.719. The van der Waals surface area contributed by atoms with Gasteiger partial charge in [0.15, 0.2) is 11.5 Å². The molecule has 1 saturated heterocycles. The molecule has 53 heavy (non-hydrogen) atoms. The zero-order chi connectivity index (χ0) is 37.9. The van der Waals surface area contributed by atoms with E-state index >= 15 is 0 Å². The van der Waals surface area contributed by atoms with Crippen molar-refractivity contribution in [2.24, 2.45) is 7.05 Å². The number of nitro benzene ring substituents is 1. The number of ether oxygens (including phenoxy) is 3. The second-order valence-corrected chi connectivity index (χ2v) is 13.8. The summed E-state index contributed by atoms with van der Waals surface area (Å²) in [6.07, 6.45) is -3.19. The van der Waals surface area contributed by atoms with E-state index in [1.807, 2.05) is 12.1 Å². The van der Waals surface area contributed by atoms with E-state index in [2.05, 4.69) is 14.6 Å². The summed E-state index contributed by atoms with van der Waals surface area (Å²) in [5, 5.41) is 12.3. The smallest absolute Gasteiger partial charge is 0.422 e. The van der Waals surface area contributed by atoms with Crippen molar-refractivity contribution in [3.8, 4) is 23.1 Å². The summed E-state index contributed by atoms with van der Waals surface area (Å²) in [6.45, 7) is 1.47. The van der Waals surface area contributed by atoms with Crippen molar-refractivity contribution >= 4 is 38.2 Å². The minimum atomic E-state index is -4.40. The van der Waals surface area contributed by atoms with E-state index in [9.17, 15) is 36.5 Å². The first-order valence-corrected chi connectivity index (χ1v) is 17.6. The van der Waals surface area contributed by atoms with Crippen LogP contribution in [0.4, 0.5) is 24.5 Å². The molecule has 14 nitrogen and oxygen atoms in total. The molecule has 1 fully saturated rings. The average Bonchev–Trinajstić information content (AvgIpc) is 3.46. The zero-order valence-electron chi connectivity index (χ0n) is 28.4. The Kier molecular flexibility index (Phi) is 10.4.